The third kappa shape index (κ3) is 1.13. The summed E-state index contributed by atoms with van der Waals surface area (Å²) in [5.74, 6) is -0.353. The van der Waals surface area contributed by atoms with Gasteiger partial charge in [0.15, 0.2) is 0 Å². The molecule has 0 unspecified atom stereocenters. The van der Waals surface area contributed by atoms with Crippen LogP contribution in [0.25, 0.3) is 0 Å². The van der Waals surface area contributed by atoms with Crippen LogP contribution in [0.1, 0.15) is 25.7 Å². The van der Waals surface area contributed by atoms with Crippen molar-refractivity contribution in [2.45, 2.75) is 25.7 Å². The van der Waals surface area contributed by atoms with Gasteiger partial charge in [-0.25, -0.2) is 0 Å². The summed E-state index contributed by atoms with van der Waals surface area (Å²) in [7, 11) is 1.36. The van der Waals surface area contributed by atoms with Gasteiger partial charge in [0.2, 0.25) is 5.91 Å². The average molecular weight is 197 g/mol. The molecule has 78 valence electrons. The van der Waals surface area contributed by atoms with Crippen LogP contribution in [0.4, 0.5) is 0 Å². The molecule has 1 amide bonds. The third-order valence-corrected chi connectivity index (χ3v) is 3.36. The van der Waals surface area contributed by atoms with E-state index in [9.17, 15) is 9.59 Å². The van der Waals surface area contributed by atoms with Crippen LogP contribution in [-0.2, 0) is 14.3 Å². The molecular formula is C10H15NO3. The normalized spacial score (nSPS) is 31.5. The Kier molecular flexibility index (Phi) is 2.21. The standard InChI is InChI=1S/C10H15NO3/c1-14-9(13)10-4-2-3-6-11(7-5-10)8(10)12/h2-7H2,1H3/t10-/m0/s1. The molecule has 2 aliphatic heterocycles. The molecule has 0 radical (unpaired) electrons. The Morgan fingerprint density at radius 2 is 2.14 bits per heavy atom. The fourth-order valence-corrected chi connectivity index (χ4v) is 2.50. The Morgan fingerprint density at radius 1 is 1.36 bits per heavy atom. The zero-order chi connectivity index (χ0) is 10.2. The molecule has 2 aliphatic rings. The second kappa shape index (κ2) is 3.26. The zero-order valence-corrected chi connectivity index (χ0v) is 8.41. The predicted octanol–water partition coefficient (Wildman–Crippen LogP) is 0.562. The van der Waals surface area contributed by atoms with Gasteiger partial charge < -0.3 is 9.64 Å². The molecule has 0 aromatic heterocycles. The van der Waals surface area contributed by atoms with E-state index in [4.69, 9.17) is 4.74 Å². The Bertz CT molecular complexity index is 277. The first-order valence-corrected chi connectivity index (χ1v) is 5.08. The van der Waals surface area contributed by atoms with Crippen LogP contribution < -0.4 is 0 Å². The highest BCUT2D eigenvalue weighted by Crippen LogP contribution is 2.40. The number of methoxy groups -OCH3 is 1. The Morgan fingerprint density at radius 3 is 2.86 bits per heavy atom. The molecule has 14 heavy (non-hydrogen) atoms. The number of hydrogen-bond acceptors (Lipinski definition) is 3. The van der Waals surface area contributed by atoms with Gasteiger partial charge in [-0.1, -0.05) is 6.42 Å². The summed E-state index contributed by atoms with van der Waals surface area (Å²) in [4.78, 5) is 25.4. The molecule has 0 saturated carbocycles. The number of carbonyl (C=O) groups excluding carboxylic acids is 2. The maximum absolute atomic E-state index is 12.0. The van der Waals surface area contributed by atoms with Crippen molar-refractivity contribution < 1.29 is 14.3 Å². The van der Waals surface area contributed by atoms with Crippen molar-refractivity contribution in [3.05, 3.63) is 0 Å². The quantitative estimate of drug-likeness (QED) is 0.456. The topological polar surface area (TPSA) is 46.6 Å². The SMILES string of the molecule is COC(=O)[C@@]12CCCCN(CC1)C2=O. The van der Waals surface area contributed by atoms with Gasteiger partial charge in [0.1, 0.15) is 5.41 Å². The predicted molar refractivity (Wildman–Crippen MR) is 49.5 cm³/mol. The summed E-state index contributed by atoms with van der Waals surface area (Å²) in [5.41, 5.74) is -0.828. The lowest BCUT2D eigenvalue weighted by molar-refractivity contribution is -0.159. The van der Waals surface area contributed by atoms with Crippen molar-refractivity contribution in [2.75, 3.05) is 20.2 Å². The van der Waals surface area contributed by atoms with E-state index in [1.807, 2.05) is 0 Å². The minimum Gasteiger partial charge on any atom is -0.468 e. The summed E-state index contributed by atoms with van der Waals surface area (Å²) in [6.45, 7) is 1.52. The summed E-state index contributed by atoms with van der Waals surface area (Å²) >= 11 is 0. The van der Waals surface area contributed by atoms with E-state index in [2.05, 4.69) is 0 Å². The minimum atomic E-state index is -0.828. The van der Waals surface area contributed by atoms with Crippen molar-refractivity contribution >= 4 is 11.9 Å². The van der Waals surface area contributed by atoms with Gasteiger partial charge in [-0.05, 0) is 19.3 Å². The van der Waals surface area contributed by atoms with Crippen LogP contribution in [0.5, 0.6) is 0 Å². The summed E-state index contributed by atoms with van der Waals surface area (Å²) in [6.07, 6.45) is 3.25. The number of fused-ring (bicyclic) bond motifs is 2. The van der Waals surface area contributed by atoms with Crippen LogP contribution in [0.15, 0.2) is 0 Å². The largest absolute Gasteiger partial charge is 0.468 e. The molecule has 2 bridgehead atoms. The highest BCUT2D eigenvalue weighted by Gasteiger charge is 2.53. The van der Waals surface area contributed by atoms with E-state index in [0.717, 1.165) is 19.4 Å². The molecule has 2 fully saturated rings. The molecule has 0 aromatic carbocycles. The molecule has 0 N–H and O–H groups in total. The molecule has 2 saturated heterocycles. The maximum Gasteiger partial charge on any atom is 0.321 e. The third-order valence-electron chi connectivity index (χ3n) is 3.36. The molecule has 4 heteroatoms. The van der Waals surface area contributed by atoms with Crippen LogP contribution >= 0.6 is 0 Å². The van der Waals surface area contributed by atoms with Gasteiger partial charge in [-0.2, -0.15) is 0 Å². The fourth-order valence-electron chi connectivity index (χ4n) is 2.50. The van der Waals surface area contributed by atoms with Gasteiger partial charge in [0, 0.05) is 13.1 Å². The van der Waals surface area contributed by atoms with E-state index in [-0.39, 0.29) is 11.9 Å². The van der Waals surface area contributed by atoms with Crippen LogP contribution in [-0.4, -0.2) is 37.0 Å². The first-order chi connectivity index (χ1) is 6.70. The average Bonchev–Trinajstić information content (AvgIpc) is 2.37. The molecule has 0 aromatic rings. The molecule has 4 nitrogen and oxygen atoms in total. The number of amides is 1. The lowest BCUT2D eigenvalue weighted by atomic mass is 9.81. The summed E-state index contributed by atoms with van der Waals surface area (Å²) in [5, 5.41) is 0. The van der Waals surface area contributed by atoms with Crippen LogP contribution in [0, 0.1) is 5.41 Å². The smallest absolute Gasteiger partial charge is 0.321 e. The van der Waals surface area contributed by atoms with Gasteiger partial charge in [-0.3, -0.25) is 9.59 Å². The maximum atomic E-state index is 12.0. The molecular weight excluding hydrogens is 182 g/mol. The number of hydrogen-bond donors (Lipinski definition) is 0. The van der Waals surface area contributed by atoms with Gasteiger partial charge >= 0.3 is 5.97 Å². The Labute approximate surface area is 83.2 Å². The van der Waals surface area contributed by atoms with Crippen LogP contribution in [0.3, 0.4) is 0 Å². The van der Waals surface area contributed by atoms with E-state index in [1.54, 1.807) is 4.90 Å². The summed E-state index contributed by atoms with van der Waals surface area (Å²) in [6, 6.07) is 0. The van der Waals surface area contributed by atoms with Gasteiger partial charge in [-0.15, -0.1) is 0 Å². The summed E-state index contributed by atoms with van der Waals surface area (Å²) < 4.78 is 4.75. The van der Waals surface area contributed by atoms with Crippen molar-refractivity contribution in [1.82, 2.24) is 4.90 Å². The van der Waals surface area contributed by atoms with Crippen molar-refractivity contribution in [3.63, 3.8) is 0 Å². The Hall–Kier alpha value is -1.06. The van der Waals surface area contributed by atoms with Gasteiger partial charge in [0.05, 0.1) is 7.11 Å². The lowest BCUT2D eigenvalue weighted by Crippen LogP contribution is -2.39. The fraction of sp³-hybridized carbons (Fsp3) is 0.800. The first-order valence-electron chi connectivity index (χ1n) is 5.08. The lowest BCUT2D eigenvalue weighted by Gasteiger charge is -2.21. The highest BCUT2D eigenvalue weighted by atomic mass is 16.5. The first kappa shape index (κ1) is 9.49. The van der Waals surface area contributed by atoms with Crippen molar-refractivity contribution in [3.8, 4) is 0 Å². The van der Waals surface area contributed by atoms with E-state index in [0.29, 0.717) is 19.4 Å². The Balaban J connectivity index is 2.31. The van der Waals surface area contributed by atoms with E-state index < -0.39 is 5.41 Å². The number of nitrogens with zero attached hydrogens (tertiary/aromatic N) is 1. The number of carbonyl (C=O) groups is 2. The zero-order valence-electron chi connectivity index (χ0n) is 8.41. The molecule has 2 heterocycles. The molecule has 2 rings (SSSR count). The highest BCUT2D eigenvalue weighted by molar-refractivity contribution is 6.04. The van der Waals surface area contributed by atoms with Crippen molar-refractivity contribution in [1.29, 1.82) is 0 Å². The monoisotopic (exact) mass is 197 g/mol. The minimum absolute atomic E-state index is 0.0122. The number of ether oxygens (including phenoxy) is 1. The molecule has 0 spiro atoms. The van der Waals surface area contributed by atoms with E-state index >= 15 is 0 Å². The number of esters is 1. The van der Waals surface area contributed by atoms with E-state index in [1.165, 1.54) is 7.11 Å². The second-order valence-electron chi connectivity index (χ2n) is 4.07. The van der Waals surface area contributed by atoms with Crippen molar-refractivity contribution in [2.24, 2.45) is 5.41 Å². The molecule has 1 atom stereocenters. The molecule has 0 aliphatic carbocycles. The van der Waals surface area contributed by atoms with Gasteiger partial charge in [0.25, 0.3) is 0 Å². The van der Waals surface area contributed by atoms with Crippen LogP contribution in [0.2, 0.25) is 0 Å². The number of rotatable bonds is 1. The second-order valence-corrected chi connectivity index (χ2v) is 4.07.